The molecule has 2 rings (SSSR count). The van der Waals surface area contributed by atoms with Gasteiger partial charge >= 0.3 is 6.09 Å². The van der Waals surface area contributed by atoms with E-state index in [1.54, 1.807) is 0 Å². The normalized spacial score (nSPS) is 22.7. The molecule has 0 atom stereocenters. The third-order valence-electron chi connectivity index (χ3n) is 4.30. The van der Waals surface area contributed by atoms with E-state index < -0.39 is 5.60 Å². The molecule has 2 fully saturated rings. The van der Waals surface area contributed by atoms with Gasteiger partial charge in [0.1, 0.15) is 5.60 Å². The first-order valence-corrected chi connectivity index (χ1v) is 7.74. The third kappa shape index (κ3) is 3.85. The Morgan fingerprint density at radius 1 is 1.25 bits per heavy atom. The zero-order valence-corrected chi connectivity index (χ0v) is 13.2. The highest BCUT2D eigenvalue weighted by Gasteiger charge is 2.47. The smallest absolute Gasteiger partial charge is 0.410 e. The van der Waals surface area contributed by atoms with E-state index in [4.69, 9.17) is 10.5 Å². The van der Waals surface area contributed by atoms with Crippen LogP contribution < -0.4 is 5.73 Å². The van der Waals surface area contributed by atoms with Crippen LogP contribution in [-0.4, -0.2) is 60.8 Å². The lowest BCUT2D eigenvalue weighted by atomic mass is 9.72. The second kappa shape index (κ2) is 5.90. The molecule has 2 aliphatic rings. The molecule has 116 valence electrons. The number of rotatable bonds is 3. The molecule has 2 heterocycles. The van der Waals surface area contributed by atoms with E-state index >= 15 is 0 Å². The minimum atomic E-state index is -0.397. The van der Waals surface area contributed by atoms with E-state index in [1.807, 2.05) is 25.7 Å². The SMILES string of the molecule is CC(C)(C)OC(=O)N1CC2(CCN(CCCN)CC2)C1. The molecule has 0 aromatic carbocycles. The van der Waals surface area contributed by atoms with Crippen LogP contribution in [0.1, 0.15) is 40.0 Å². The first-order valence-electron chi connectivity index (χ1n) is 7.74. The lowest BCUT2D eigenvalue weighted by Gasteiger charge is -2.53. The van der Waals surface area contributed by atoms with E-state index in [0.717, 1.165) is 45.7 Å². The number of piperidine rings is 1. The number of carbonyl (C=O) groups is 1. The number of carbonyl (C=O) groups excluding carboxylic acids is 1. The maximum atomic E-state index is 12.0. The summed E-state index contributed by atoms with van der Waals surface area (Å²) in [6.45, 7) is 11.6. The van der Waals surface area contributed by atoms with Gasteiger partial charge in [0.2, 0.25) is 0 Å². The molecule has 20 heavy (non-hydrogen) atoms. The van der Waals surface area contributed by atoms with Crippen molar-refractivity contribution in [2.24, 2.45) is 11.1 Å². The van der Waals surface area contributed by atoms with Crippen molar-refractivity contribution in [2.45, 2.75) is 45.6 Å². The van der Waals surface area contributed by atoms with E-state index in [2.05, 4.69) is 4.90 Å². The molecule has 0 unspecified atom stereocenters. The molecule has 2 saturated heterocycles. The van der Waals surface area contributed by atoms with E-state index in [0.29, 0.717) is 5.41 Å². The number of nitrogens with two attached hydrogens (primary N) is 1. The summed E-state index contributed by atoms with van der Waals surface area (Å²) >= 11 is 0. The Balaban J connectivity index is 1.72. The molecule has 2 N–H and O–H groups in total. The Morgan fingerprint density at radius 3 is 2.35 bits per heavy atom. The molecular formula is C15H29N3O2. The van der Waals surface area contributed by atoms with Gasteiger partial charge in [-0.15, -0.1) is 0 Å². The summed E-state index contributed by atoms with van der Waals surface area (Å²) in [4.78, 5) is 16.3. The quantitative estimate of drug-likeness (QED) is 0.856. The van der Waals surface area contributed by atoms with Crippen LogP contribution in [0.2, 0.25) is 0 Å². The van der Waals surface area contributed by atoms with Gasteiger partial charge in [0, 0.05) is 18.5 Å². The molecule has 0 aromatic heterocycles. The van der Waals surface area contributed by atoms with Gasteiger partial charge in [-0.2, -0.15) is 0 Å². The van der Waals surface area contributed by atoms with Crippen molar-refractivity contribution in [1.29, 1.82) is 0 Å². The van der Waals surface area contributed by atoms with Gasteiger partial charge in [0.05, 0.1) is 0 Å². The van der Waals surface area contributed by atoms with Crippen molar-refractivity contribution >= 4 is 6.09 Å². The standard InChI is InChI=1S/C15H29N3O2/c1-14(2,3)20-13(19)18-11-15(12-18)5-9-17(10-6-15)8-4-7-16/h4-12,16H2,1-3H3. The fourth-order valence-electron chi connectivity index (χ4n) is 3.10. The van der Waals surface area contributed by atoms with Gasteiger partial charge < -0.3 is 20.3 Å². The van der Waals surface area contributed by atoms with Gasteiger partial charge in [-0.3, -0.25) is 0 Å². The highest BCUT2D eigenvalue weighted by atomic mass is 16.6. The Bertz CT molecular complexity index is 336. The van der Waals surface area contributed by atoms with Crippen LogP contribution in [0, 0.1) is 5.41 Å². The molecule has 5 heteroatoms. The van der Waals surface area contributed by atoms with Crippen LogP contribution in [0.25, 0.3) is 0 Å². The van der Waals surface area contributed by atoms with Crippen LogP contribution in [0.4, 0.5) is 4.79 Å². The van der Waals surface area contributed by atoms with Crippen molar-refractivity contribution in [1.82, 2.24) is 9.80 Å². The summed E-state index contributed by atoms with van der Waals surface area (Å²) in [5.74, 6) is 0. The summed E-state index contributed by atoms with van der Waals surface area (Å²) in [6, 6.07) is 0. The van der Waals surface area contributed by atoms with Crippen molar-refractivity contribution in [2.75, 3.05) is 39.3 Å². The van der Waals surface area contributed by atoms with Crippen molar-refractivity contribution in [3.63, 3.8) is 0 Å². The van der Waals surface area contributed by atoms with E-state index in [9.17, 15) is 4.79 Å². The van der Waals surface area contributed by atoms with Crippen LogP contribution in [0.3, 0.4) is 0 Å². The second-order valence-electron chi connectivity index (χ2n) is 7.32. The fourth-order valence-corrected chi connectivity index (χ4v) is 3.10. The van der Waals surface area contributed by atoms with Crippen molar-refractivity contribution in [3.8, 4) is 0 Å². The van der Waals surface area contributed by atoms with Crippen LogP contribution in [0.15, 0.2) is 0 Å². The summed E-state index contributed by atoms with van der Waals surface area (Å²) in [7, 11) is 0. The summed E-state index contributed by atoms with van der Waals surface area (Å²) in [5, 5.41) is 0. The summed E-state index contributed by atoms with van der Waals surface area (Å²) in [5.41, 5.74) is 5.51. The van der Waals surface area contributed by atoms with Crippen molar-refractivity contribution in [3.05, 3.63) is 0 Å². The van der Waals surface area contributed by atoms with Crippen LogP contribution >= 0.6 is 0 Å². The average Bonchev–Trinajstić information content (AvgIpc) is 2.32. The van der Waals surface area contributed by atoms with Crippen LogP contribution in [0.5, 0.6) is 0 Å². The Morgan fingerprint density at radius 2 is 1.85 bits per heavy atom. The minimum Gasteiger partial charge on any atom is -0.444 e. The highest BCUT2D eigenvalue weighted by molar-refractivity contribution is 5.69. The molecule has 0 aromatic rings. The third-order valence-corrected chi connectivity index (χ3v) is 4.30. The van der Waals surface area contributed by atoms with E-state index in [-0.39, 0.29) is 6.09 Å². The number of hydrogen-bond donors (Lipinski definition) is 1. The molecule has 1 amide bonds. The highest BCUT2D eigenvalue weighted by Crippen LogP contribution is 2.40. The lowest BCUT2D eigenvalue weighted by Crippen LogP contribution is -2.62. The molecule has 0 radical (unpaired) electrons. The average molecular weight is 283 g/mol. The Kier molecular flexibility index (Phi) is 4.59. The van der Waals surface area contributed by atoms with Gasteiger partial charge in [-0.1, -0.05) is 0 Å². The largest absolute Gasteiger partial charge is 0.444 e. The first kappa shape index (κ1) is 15.6. The number of ether oxygens (including phenoxy) is 1. The van der Waals surface area contributed by atoms with Crippen LogP contribution in [-0.2, 0) is 4.74 Å². The first-order chi connectivity index (χ1) is 9.34. The van der Waals surface area contributed by atoms with Gasteiger partial charge in [-0.05, 0) is 66.2 Å². The maximum absolute atomic E-state index is 12.0. The molecule has 0 aliphatic carbocycles. The molecular weight excluding hydrogens is 254 g/mol. The zero-order chi connectivity index (χ0) is 14.8. The lowest BCUT2D eigenvalue weighted by molar-refractivity contribution is -0.0592. The number of hydrogen-bond acceptors (Lipinski definition) is 4. The zero-order valence-electron chi connectivity index (χ0n) is 13.2. The topological polar surface area (TPSA) is 58.8 Å². The number of amides is 1. The van der Waals surface area contributed by atoms with Gasteiger partial charge in [0.15, 0.2) is 0 Å². The van der Waals surface area contributed by atoms with Gasteiger partial charge in [0.25, 0.3) is 0 Å². The summed E-state index contributed by atoms with van der Waals surface area (Å²) < 4.78 is 5.41. The monoisotopic (exact) mass is 283 g/mol. The molecule has 1 spiro atoms. The molecule has 0 bridgehead atoms. The molecule has 5 nitrogen and oxygen atoms in total. The molecule has 0 saturated carbocycles. The number of nitrogens with zero attached hydrogens (tertiary/aromatic N) is 2. The fraction of sp³-hybridized carbons (Fsp3) is 0.933. The Labute approximate surface area is 122 Å². The van der Waals surface area contributed by atoms with Crippen molar-refractivity contribution < 1.29 is 9.53 Å². The van der Waals surface area contributed by atoms with E-state index in [1.165, 1.54) is 12.8 Å². The maximum Gasteiger partial charge on any atom is 0.410 e. The molecule has 2 aliphatic heterocycles. The second-order valence-corrected chi connectivity index (χ2v) is 7.32. The summed E-state index contributed by atoms with van der Waals surface area (Å²) in [6.07, 6.45) is 3.30. The number of likely N-dealkylation sites (tertiary alicyclic amines) is 2. The van der Waals surface area contributed by atoms with Gasteiger partial charge in [-0.25, -0.2) is 4.79 Å². The Hall–Kier alpha value is -0.810. The minimum absolute atomic E-state index is 0.159. The predicted molar refractivity (Wildman–Crippen MR) is 79.6 cm³/mol. The predicted octanol–water partition coefficient (Wildman–Crippen LogP) is 1.67.